The molecule has 3 aromatic rings. The standard InChI is InChI=1S/C24H29N3O3S2/c1-4-18-15-19-21(32-18)25-24(27(23(19)29)13-8-14-30-3)31-16(2)22(28)26-12-7-10-17-9-5-6-11-20(17)26/h5-6,9,11,15-16H,4,7-8,10,12-14H2,1-3H3. The van der Waals surface area contributed by atoms with Crippen LogP contribution in [-0.2, 0) is 28.9 Å². The molecule has 0 saturated heterocycles. The first-order valence-electron chi connectivity index (χ1n) is 11.1. The van der Waals surface area contributed by atoms with Gasteiger partial charge in [0.15, 0.2) is 5.16 Å². The van der Waals surface area contributed by atoms with Crippen molar-refractivity contribution in [2.45, 2.75) is 56.5 Å². The number of anilines is 1. The van der Waals surface area contributed by atoms with Crippen LogP contribution in [0.2, 0.25) is 0 Å². The Bertz CT molecular complexity index is 1170. The van der Waals surface area contributed by atoms with Gasteiger partial charge < -0.3 is 9.64 Å². The lowest BCUT2D eigenvalue weighted by Crippen LogP contribution is -2.40. The van der Waals surface area contributed by atoms with E-state index < -0.39 is 0 Å². The van der Waals surface area contributed by atoms with Crippen LogP contribution in [0, 0.1) is 0 Å². The summed E-state index contributed by atoms with van der Waals surface area (Å²) in [4.78, 5) is 35.3. The number of thiophene rings is 1. The zero-order valence-electron chi connectivity index (χ0n) is 18.8. The molecule has 0 radical (unpaired) electrons. The van der Waals surface area contributed by atoms with Crippen LogP contribution in [0.3, 0.4) is 0 Å². The molecule has 0 spiro atoms. The van der Waals surface area contributed by atoms with Crippen LogP contribution in [-0.4, -0.2) is 41.0 Å². The second-order valence-electron chi connectivity index (χ2n) is 7.96. The SMILES string of the molecule is CCc1cc2c(=O)n(CCCOC)c(SC(C)C(=O)N3CCCc4ccccc43)nc2s1. The van der Waals surface area contributed by atoms with Gasteiger partial charge in [-0.05, 0) is 50.3 Å². The number of nitrogens with zero attached hydrogens (tertiary/aromatic N) is 3. The molecule has 1 aliphatic heterocycles. The van der Waals surface area contributed by atoms with Crippen LogP contribution in [0.25, 0.3) is 10.2 Å². The lowest BCUT2D eigenvalue weighted by Gasteiger charge is -2.31. The molecular formula is C24H29N3O3S2. The molecule has 2 aromatic heterocycles. The number of hydrogen-bond acceptors (Lipinski definition) is 6. The van der Waals surface area contributed by atoms with E-state index >= 15 is 0 Å². The number of para-hydroxylation sites is 1. The number of carbonyl (C=O) groups is 1. The summed E-state index contributed by atoms with van der Waals surface area (Å²) < 4.78 is 6.90. The average molecular weight is 472 g/mol. The Labute approximate surface area is 196 Å². The predicted molar refractivity (Wildman–Crippen MR) is 132 cm³/mol. The molecule has 1 aromatic carbocycles. The Morgan fingerprint density at radius 1 is 1.34 bits per heavy atom. The summed E-state index contributed by atoms with van der Waals surface area (Å²) in [6.07, 6.45) is 3.54. The summed E-state index contributed by atoms with van der Waals surface area (Å²) in [7, 11) is 1.66. The van der Waals surface area contributed by atoms with Crippen molar-refractivity contribution in [1.29, 1.82) is 0 Å². The summed E-state index contributed by atoms with van der Waals surface area (Å²) in [5, 5.41) is 0.914. The molecular weight excluding hydrogens is 442 g/mol. The summed E-state index contributed by atoms with van der Waals surface area (Å²) in [6.45, 7) is 5.79. The van der Waals surface area contributed by atoms with Crippen molar-refractivity contribution in [3.63, 3.8) is 0 Å². The molecule has 0 aliphatic carbocycles. The molecule has 32 heavy (non-hydrogen) atoms. The molecule has 0 bridgehead atoms. The topological polar surface area (TPSA) is 64.4 Å². The lowest BCUT2D eigenvalue weighted by atomic mass is 10.0. The first kappa shape index (κ1) is 23.0. The van der Waals surface area contributed by atoms with E-state index in [1.54, 1.807) is 23.0 Å². The second kappa shape index (κ2) is 10.2. The highest BCUT2D eigenvalue weighted by Crippen LogP contribution is 2.31. The molecule has 1 atom stereocenters. The quantitative estimate of drug-likeness (QED) is 0.275. The first-order valence-corrected chi connectivity index (χ1v) is 12.8. The Morgan fingerprint density at radius 2 is 2.16 bits per heavy atom. The molecule has 0 saturated carbocycles. The fourth-order valence-electron chi connectivity index (χ4n) is 4.07. The number of benzene rings is 1. The van der Waals surface area contributed by atoms with E-state index in [9.17, 15) is 9.59 Å². The Kier molecular flexibility index (Phi) is 7.33. The van der Waals surface area contributed by atoms with Gasteiger partial charge in [0, 0.05) is 37.4 Å². The van der Waals surface area contributed by atoms with Gasteiger partial charge in [-0.25, -0.2) is 4.98 Å². The van der Waals surface area contributed by atoms with E-state index in [-0.39, 0.29) is 16.7 Å². The summed E-state index contributed by atoms with van der Waals surface area (Å²) >= 11 is 2.94. The number of hydrogen-bond donors (Lipinski definition) is 0. The van der Waals surface area contributed by atoms with Gasteiger partial charge >= 0.3 is 0 Å². The zero-order valence-corrected chi connectivity index (χ0v) is 20.4. The number of aryl methyl sites for hydroxylation is 2. The minimum absolute atomic E-state index is 0.0347. The number of rotatable bonds is 8. The van der Waals surface area contributed by atoms with Crippen molar-refractivity contribution in [1.82, 2.24) is 9.55 Å². The Morgan fingerprint density at radius 3 is 2.94 bits per heavy atom. The van der Waals surface area contributed by atoms with Gasteiger partial charge in [0.1, 0.15) is 4.83 Å². The van der Waals surface area contributed by atoms with Crippen LogP contribution < -0.4 is 10.5 Å². The molecule has 3 heterocycles. The summed E-state index contributed by atoms with van der Waals surface area (Å²) in [5.74, 6) is 0.0559. The van der Waals surface area contributed by atoms with Crippen molar-refractivity contribution < 1.29 is 9.53 Å². The molecule has 0 N–H and O–H groups in total. The number of thioether (sulfide) groups is 1. The fourth-order valence-corrected chi connectivity index (χ4v) is 6.07. The van der Waals surface area contributed by atoms with Gasteiger partial charge in [-0.1, -0.05) is 36.9 Å². The fraction of sp³-hybridized carbons (Fsp3) is 0.458. The maximum atomic E-state index is 13.4. The second-order valence-corrected chi connectivity index (χ2v) is 10.4. The largest absolute Gasteiger partial charge is 0.385 e. The molecule has 6 nitrogen and oxygen atoms in total. The van der Waals surface area contributed by atoms with Crippen LogP contribution >= 0.6 is 23.1 Å². The highest BCUT2D eigenvalue weighted by atomic mass is 32.2. The summed E-state index contributed by atoms with van der Waals surface area (Å²) in [5.41, 5.74) is 2.18. The third-order valence-corrected chi connectivity index (χ3v) is 8.00. The van der Waals surface area contributed by atoms with Crippen LogP contribution in [0.4, 0.5) is 5.69 Å². The maximum absolute atomic E-state index is 13.4. The van der Waals surface area contributed by atoms with Crippen LogP contribution in [0.15, 0.2) is 40.3 Å². The van der Waals surface area contributed by atoms with Crippen LogP contribution in [0.1, 0.15) is 37.1 Å². The van der Waals surface area contributed by atoms with Crippen molar-refractivity contribution in [3.8, 4) is 0 Å². The normalized spacial score (nSPS) is 14.5. The van der Waals surface area contributed by atoms with Crippen molar-refractivity contribution in [3.05, 3.63) is 51.1 Å². The van der Waals surface area contributed by atoms with E-state index in [0.29, 0.717) is 30.1 Å². The number of amides is 1. The van der Waals surface area contributed by atoms with E-state index in [4.69, 9.17) is 9.72 Å². The van der Waals surface area contributed by atoms with Crippen LogP contribution in [0.5, 0.6) is 0 Å². The van der Waals surface area contributed by atoms with Gasteiger partial charge in [0.05, 0.1) is 10.6 Å². The van der Waals surface area contributed by atoms with Gasteiger partial charge in [0.25, 0.3) is 5.56 Å². The van der Waals surface area contributed by atoms with E-state index in [1.165, 1.54) is 17.3 Å². The van der Waals surface area contributed by atoms with Gasteiger partial charge in [-0.3, -0.25) is 14.2 Å². The number of ether oxygens (including phenoxy) is 1. The smallest absolute Gasteiger partial charge is 0.262 e. The highest BCUT2D eigenvalue weighted by Gasteiger charge is 2.28. The number of methoxy groups -OCH3 is 1. The molecule has 1 unspecified atom stereocenters. The van der Waals surface area contributed by atoms with Gasteiger partial charge in [-0.2, -0.15) is 0 Å². The van der Waals surface area contributed by atoms with Crippen molar-refractivity contribution >= 4 is 44.9 Å². The first-order chi connectivity index (χ1) is 15.5. The number of carbonyl (C=O) groups excluding carboxylic acids is 1. The minimum Gasteiger partial charge on any atom is -0.385 e. The average Bonchev–Trinajstić information content (AvgIpc) is 3.23. The van der Waals surface area contributed by atoms with Gasteiger partial charge in [0.2, 0.25) is 5.91 Å². The Hall–Kier alpha value is -2.16. The maximum Gasteiger partial charge on any atom is 0.262 e. The minimum atomic E-state index is -0.357. The predicted octanol–water partition coefficient (Wildman–Crippen LogP) is 4.52. The van der Waals surface area contributed by atoms with Gasteiger partial charge in [-0.15, -0.1) is 11.3 Å². The number of fused-ring (bicyclic) bond motifs is 2. The molecule has 1 aliphatic rings. The zero-order chi connectivity index (χ0) is 22.7. The van der Waals surface area contributed by atoms with Crippen molar-refractivity contribution in [2.24, 2.45) is 0 Å². The lowest BCUT2D eigenvalue weighted by molar-refractivity contribution is -0.117. The molecule has 8 heteroatoms. The number of aromatic nitrogens is 2. The summed E-state index contributed by atoms with van der Waals surface area (Å²) in [6, 6.07) is 10.1. The molecule has 4 rings (SSSR count). The molecule has 1 amide bonds. The van der Waals surface area contributed by atoms with E-state index in [1.807, 2.05) is 36.1 Å². The third-order valence-electron chi connectivity index (χ3n) is 5.75. The molecule has 170 valence electrons. The van der Waals surface area contributed by atoms with E-state index in [0.717, 1.165) is 41.2 Å². The van der Waals surface area contributed by atoms with Crippen molar-refractivity contribution in [2.75, 3.05) is 25.2 Å². The highest BCUT2D eigenvalue weighted by molar-refractivity contribution is 8.00. The third kappa shape index (κ3) is 4.63. The van der Waals surface area contributed by atoms with E-state index in [2.05, 4.69) is 13.0 Å². The Balaban J connectivity index is 1.64. The monoisotopic (exact) mass is 471 g/mol. The molecule has 0 fully saturated rings.